The molecule has 1 fully saturated rings. The molecule has 2 heterocycles. The summed E-state index contributed by atoms with van der Waals surface area (Å²) in [6, 6.07) is 5.60. The smallest absolute Gasteiger partial charge is 0.341 e. The molecule has 7 heteroatoms. The van der Waals surface area contributed by atoms with Gasteiger partial charge in [0.1, 0.15) is 5.56 Å². The fourth-order valence-electron chi connectivity index (χ4n) is 3.03. The number of carboxylic acids is 1. The Balaban J connectivity index is 1.93. The minimum absolute atomic E-state index is 0.164. The molecule has 1 aliphatic rings. The Labute approximate surface area is 153 Å². The van der Waals surface area contributed by atoms with Crippen molar-refractivity contribution in [3.8, 4) is 0 Å². The van der Waals surface area contributed by atoms with Crippen LogP contribution in [0, 0.1) is 3.57 Å². The molecular weight excluding hydrogens is 421 g/mol. The number of fused-ring (bicyclic) bond motifs is 1. The number of piperazine rings is 1. The molecule has 1 aliphatic heterocycles. The Morgan fingerprint density at radius 1 is 1.21 bits per heavy atom. The number of aromatic carboxylic acids is 1. The highest BCUT2D eigenvalue weighted by molar-refractivity contribution is 14.1. The summed E-state index contributed by atoms with van der Waals surface area (Å²) in [5.41, 5.74) is 0.217. The molecule has 1 aromatic heterocycles. The number of nitrogens with zero attached hydrogens (tertiary/aromatic N) is 3. The first kappa shape index (κ1) is 17.4. The van der Waals surface area contributed by atoms with Crippen molar-refractivity contribution in [3.63, 3.8) is 0 Å². The topological polar surface area (TPSA) is 65.8 Å². The zero-order valence-corrected chi connectivity index (χ0v) is 15.7. The summed E-state index contributed by atoms with van der Waals surface area (Å²) in [5, 5.41) is 9.81. The molecule has 6 nitrogen and oxygen atoms in total. The summed E-state index contributed by atoms with van der Waals surface area (Å²) in [4.78, 5) is 28.5. The SMILES string of the molecule is CN1CCN(CCn2cc(C(=O)O)c(=O)c3cc(I)ccc32)CC1. The van der Waals surface area contributed by atoms with Crippen molar-refractivity contribution in [2.45, 2.75) is 6.54 Å². The number of hydrogen-bond acceptors (Lipinski definition) is 4. The first-order valence-corrected chi connectivity index (χ1v) is 9.00. The van der Waals surface area contributed by atoms with Gasteiger partial charge in [-0.15, -0.1) is 0 Å². The summed E-state index contributed by atoms with van der Waals surface area (Å²) in [7, 11) is 2.12. The number of aromatic nitrogens is 1. The summed E-state index contributed by atoms with van der Waals surface area (Å²) in [6.07, 6.45) is 1.48. The number of benzene rings is 1. The number of likely N-dealkylation sites (N-methyl/N-ethyl adjacent to an activating group) is 1. The maximum Gasteiger partial charge on any atom is 0.341 e. The van der Waals surface area contributed by atoms with E-state index in [0.717, 1.165) is 41.8 Å². The van der Waals surface area contributed by atoms with Gasteiger partial charge < -0.3 is 14.6 Å². The normalized spacial score (nSPS) is 16.6. The lowest BCUT2D eigenvalue weighted by molar-refractivity contribution is 0.0694. The van der Waals surface area contributed by atoms with Crippen LogP contribution in [0.5, 0.6) is 0 Å². The average molecular weight is 441 g/mol. The van der Waals surface area contributed by atoms with Gasteiger partial charge in [0.25, 0.3) is 0 Å². The molecule has 1 N–H and O–H groups in total. The van der Waals surface area contributed by atoms with Crippen LogP contribution in [0.15, 0.2) is 29.2 Å². The van der Waals surface area contributed by atoms with Crippen LogP contribution in [-0.4, -0.2) is 65.2 Å². The van der Waals surface area contributed by atoms with Gasteiger partial charge in [-0.2, -0.15) is 0 Å². The maximum atomic E-state index is 12.4. The van der Waals surface area contributed by atoms with Crippen LogP contribution in [-0.2, 0) is 6.54 Å². The van der Waals surface area contributed by atoms with Crippen molar-refractivity contribution in [1.82, 2.24) is 14.4 Å². The first-order chi connectivity index (χ1) is 11.5. The predicted octanol–water partition coefficient (Wildman–Crippen LogP) is 1.55. The molecule has 0 amide bonds. The van der Waals surface area contributed by atoms with E-state index in [4.69, 9.17) is 0 Å². The number of carbonyl (C=O) groups is 1. The molecule has 0 unspecified atom stereocenters. The Morgan fingerprint density at radius 2 is 1.92 bits per heavy atom. The van der Waals surface area contributed by atoms with E-state index in [1.807, 2.05) is 16.7 Å². The van der Waals surface area contributed by atoms with E-state index < -0.39 is 11.4 Å². The summed E-state index contributed by atoms with van der Waals surface area (Å²) < 4.78 is 2.82. The molecule has 2 aromatic rings. The van der Waals surface area contributed by atoms with Crippen molar-refractivity contribution in [1.29, 1.82) is 0 Å². The zero-order chi connectivity index (χ0) is 17.3. The summed E-state index contributed by atoms with van der Waals surface area (Å²) in [5.74, 6) is -1.17. The minimum Gasteiger partial charge on any atom is -0.477 e. The molecular formula is C17H20IN3O3. The van der Waals surface area contributed by atoms with Crippen LogP contribution in [0.1, 0.15) is 10.4 Å². The Hall–Kier alpha value is -1.45. The van der Waals surface area contributed by atoms with Crippen LogP contribution in [0.4, 0.5) is 0 Å². The summed E-state index contributed by atoms with van der Waals surface area (Å²) in [6.45, 7) is 5.63. The molecule has 0 saturated carbocycles. The fraction of sp³-hybridized carbons (Fsp3) is 0.412. The molecule has 0 atom stereocenters. The fourth-order valence-corrected chi connectivity index (χ4v) is 3.52. The quantitative estimate of drug-likeness (QED) is 0.730. The molecule has 3 rings (SSSR count). The standard InChI is InChI=1S/C17H20IN3O3/c1-19-4-6-20(7-5-19)8-9-21-11-14(17(23)24)16(22)13-10-12(18)2-3-15(13)21/h2-3,10-11H,4-9H2,1H3,(H,23,24). The Morgan fingerprint density at radius 3 is 2.58 bits per heavy atom. The van der Waals surface area contributed by atoms with E-state index in [9.17, 15) is 14.7 Å². The Kier molecular flexibility index (Phi) is 5.21. The van der Waals surface area contributed by atoms with Crippen LogP contribution >= 0.6 is 22.6 Å². The second-order valence-electron chi connectivity index (χ2n) is 6.18. The lowest BCUT2D eigenvalue weighted by Crippen LogP contribution is -2.45. The van der Waals surface area contributed by atoms with Gasteiger partial charge in [-0.3, -0.25) is 9.69 Å². The number of hydrogen-bond donors (Lipinski definition) is 1. The summed E-state index contributed by atoms with van der Waals surface area (Å²) >= 11 is 2.14. The second-order valence-corrected chi connectivity index (χ2v) is 7.42. The lowest BCUT2D eigenvalue weighted by atomic mass is 10.1. The van der Waals surface area contributed by atoms with Crippen molar-refractivity contribution >= 4 is 39.5 Å². The third-order valence-electron chi connectivity index (χ3n) is 4.53. The molecule has 24 heavy (non-hydrogen) atoms. The number of rotatable bonds is 4. The highest BCUT2D eigenvalue weighted by Gasteiger charge is 2.17. The van der Waals surface area contributed by atoms with Gasteiger partial charge in [0.2, 0.25) is 5.43 Å². The maximum absolute atomic E-state index is 12.4. The van der Waals surface area contributed by atoms with Crippen molar-refractivity contribution in [3.05, 3.63) is 43.8 Å². The molecule has 0 aliphatic carbocycles. The van der Waals surface area contributed by atoms with Crippen LogP contribution < -0.4 is 5.43 Å². The third kappa shape index (κ3) is 3.62. The zero-order valence-electron chi connectivity index (χ0n) is 13.5. The monoisotopic (exact) mass is 441 g/mol. The van der Waals surface area contributed by atoms with Gasteiger partial charge >= 0.3 is 5.97 Å². The molecule has 0 spiro atoms. The molecule has 0 radical (unpaired) electrons. The minimum atomic E-state index is -1.17. The largest absolute Gasteiger partial charge is 0.477 e. The van der Waals surface area contributed by atoms with E-state index >= 15 is 0 Å². The molecule has 1 aromatic carbocycles. The highest BCUT2D eigenvalue weighted by atomic mass is 127. The van der Waals surface area contributed by atoms with Gasteiger partial charge in [-0.25, -0.2) is 4.79 Å². The van der Waals surface area contributed by atoms with Crippen molar-refractivity contribution < 1.29 is 9.90 Å². The van der Waals surface area contributed by atoms with E-state index in [0.29, 0.717) is 11.9 Å². The van der Waals surface area contributed by atoms with Crippen molar-refractivity contribution in [2.75, 3.05) is 39.8 Å². The van der Waals surface area contributed by atoms with Crippen LogP contribution in [0.25, 0.3) is 10.9 Å². The van der Waals surface area contributed by atoms with E-state index in [2.05, 4.69) is 39.4 Å². The number of pyridine rings is 1. The van der Waals surface area contributed by atoms with E-state index in [1.54, 1.807) is 6.07 Å². The van der Waals surface area contributed by atoms with Gasteiger partial charge in [0, 0.05) is 54.4 Å². The first-order valence-electron chi connectivity index (χ1n) is 7.92. The lowest BCUT2D eigenvalue weighted by Gasteiger charge is -2.32. The van der Waals surface area contributed by atoms with E-state index in [-0.39, 0.29) is 5.56 Å². The van der Waals surface area contributed by atoms with Gasteiger partial charge in [-0.05, 0) is 47.8 Å². The van der Waals surface area contributed by atoms with E-state index in [1.165, 1.54) is 6.20 Å². The molecule has 128 valence electrons. The number of halogens is 1. The Bertz CT molecular complexity index is 826. The van der Waals surface area contributed by atoms with Crippen molar-refractivity contribution in [2.24, 2.45) is 0 Å². The van der Waals surface area contributed by atoms with Crippen LogP contribution in [0.2, 0.25) is 0 Å². The average Bonchev–Trinajstić information content (AvgIpc) is 2.55. The highest BCUT2D eigenvalue weighted by Crippen LogP contribution is 2.16. The number of carboxylic acid groups (broad SMARTS) is 1. The predicted molar refractivity (Wildman–Crippen MR) is 102 cm³/mol. The molecule has 0 bridgehead atoms. The second kappa shape index (κ2) is 7.20. The third-order valence-corrected chi connectivity index (χ3v) is 5.20. The molecule has 1 saturated heterocycles. The van der Waals surface area contributed by atoms with Gasteiger partial charge in [-0.1, -0.05) is 0 Å². The van der Waals surface area contributed by atoms with Gasteiger partial charge in [0.05, 0.1) is 5.52 Å². The van der Waals surface area contributed by atoms with Gasteiger partial charge in [0.15, 0.2) is 0 Å². The van der Waals surface area contributed by atoms with Crippen LogP contribution in [0.3, 0.4) is 0 Å².